The summed E-state index contributed by atoms with van der Waals surface area (Å²) in [6.45, 7) is 5.09. The van der Waals surface area contributed by atoms with E-state index in [4.69, 9.17) is 9.47 Å². The number of ether oxygens (including phenoxy) is 2. The van der Waals surface area contributed by atoms with Crippen molar-refractivity contribution in [3.8, 4) is 11.5 Å². The maximum absolute atomic E-state index is 11.9. The molecule has 0 atom stereocenters. The quantitative estimate of drug-likeness (QED) is 0.758. The van der Waals surface area contributed by atoms with Crippen LogP contribution in [0.4, 0.5) is 10.5 Å². The molecule has 2 aromatic carbocycles. The Kier molecular flexibility index (Phi) is 6.49. The van der Waals surface area contributed by atoms with Gasteiger partial charge in [0.25, 0.3) is 0 Å². The van der Waals surface area contributed by atoms with E-state index in [9.17, 15) is 4.79 Å². The number of hydrogen-bond donors (Lipinski definition) is 2. The lowest BCUT2D eigenvalue weighted by Crippen LogP contribution is -2.30. The molecule has 2 aromatic rings. The van der Waals surface area contributed by atoms with Crippen LogP contribution < -0.4 is 20.1 Å². The molecule has 0 heterocycles. The average molecular weight is 328 g/mol. The fourth-order valence-electron chi connectivity index (χ4n) is 2.18. The molecule has 0 saturated heterocycles. The number of carbonyl (C=O) groups excluding carboxylic acids is 1. The number of nitrogens with one attached hydrogen (secondary N) is 2. The van der Waals surface area contributed by atoms with Gasteiger partial charge in [0.1, 0.15) is 11.5 Å². The van der Waals surface area contributed by atoms with E-state index in [0.29, 0.717) is 24.6 Å². The van der Waals surface area contributed by atoms with Gasteiger partial charge in [0.15, 0.2) is 0 Å². The van der Waals surface area contributed by atoms with Gasteiger partial charge in [0.2, 0.25) is 0 Å². The summed E-state index contributed by atoms with van der Waals surface area (Å²) in [7, 11) is 1.58. The lowest BCUT2D eigenvalue weighted by Gasteiger charge is -2.12. The standard InChI is InChI=1S/C19H24N2O3/c1-14-5-8-16(9-6-14)24-12-4-11-20-19(22)21-17-13-15(2)7-10-18(17)23-3/h5-10,13H,4,11-12H2,1-3H3,(H2,20,21,22). The number of methoxy groups -OCH3 is 1. The van der Waals surface area contributed by atoms with E-state index < -0.39 is 0 Å². The molecule has 2 N–H and O–H groups in total. The third-order valence-electron chi connectivity index (χ3n) is 3.50. The molecule has 0 aromatic heterocycles. The summed E-state index contributed by atoms with van der Waals surface area (Å²) in [6, 6.07) is 13.3. The molecule has 0 fully saturated rings. The minimum Gasteiger partial charge on any atom is -0.495 e. The van der Waals surface area contributed by atoms with Crippen LogP contribution in [0, 0.1) is 13.8 Å². The van der Waals surface area contributed by atoms with Crippen LogP contribution in [0.1, 0.15) is 17.5 Å². The van der Waals surface area contributed by atoms with Crippen LogP contribution in [-0.4, -0.2) is 26.3 Å². The highest BCUT2D eigenvalue weighted by Crippen LogP contribution is 2.24. The molecular weight excluding hydrogens is 304 g/mol. The van der Waals surface area contributed by atoms with Crippen LogP contribution in [0.15, 0.2) is 42.5 Å². The first kappa shape index (κ1) is 17.7. The van der Waals surface area contributed by atoms with E-state index in [1.807, 2.05) is 56.3 Å². The summed E-state index contributed by atoms with van der Waals surface area (Å²) >= 11 is 0. The molecule has 0 unspecified atom stereocenters. The van der Waals surface area contributed by atoms with Gasteiger partial charge >= 0.3 is 6.03 Å². The van der Waals surface area contributed by atoms with Crippen molar-refractivity contribution in [1.82, 2.24) is 5.32 Å². The van der Waals surface area contributed by atoms with Crippen molar-refractivity contribution in [1.29, 1.82) is 0 Å². The summed E-state index contributed by atoms with van der Waals surface area (Å²) in [5, 5.41) is 5.61. The zero-order valence-electron chi connectivity index (χ0n) is 14.4. The summed E-state index contributed by atoms with van der Waals surface area (Å²) in [6.07, 6.45) is 0.728. The van der Waals surface area contributed by atoms with Crippen LogP contribution in [0.25, 0.3) is 0 Å². The van der Waals surface area contributed by atoms with Crippen LogP contribution in [0.2, 0.25) is 0 Å². The molecule has 0 aliphatic heterocycles. The molecule has 128 valence electrons. The molecule has 24 heavy (non-hydrogen) atoms. The van der Waals surface area contributed by atoms with Crippen molar-refractivity contribution >= 4 is 11.7 Å². The Morgan fingerprint density at radius 3 is 2.46 bits per heavy atom. The summed E-state index contributed by atoms with van der Waals surface area (Å²) in [5.74, 6) is 1.48. The second kappa shape index (κ2) is 8.82. The lowest BCUT2D eigenvalue weighted by molar-refractivity contribution is 0.250. The molecular formula is C19H24N2O3. The highest BCUT2D eigenvalue weighted by Gasteiger charge is 2.07. The topological polar surface area (TPSA) is 59.6 Å². The largest absolute Gasteiger partial charge is 0.495 e. The number of urea groups is 1. The van der Waals surface area contributed by atoms with Crippen LogP contribution in [0.5, 0.6) is 11.5 Å². The summed E-state index contributed by atoms with van der Waals surface area (Å²) in [5.41, 5.74) is 2.91. The lowest BCUT2D eigenvalue weighted by atomic mass is 10.2. The third-order valence-corrected chi connectivity index (χ3v) is 3.50. The molecule has 2 rings (SSSR count). The first-order chi connectivity index (χ1) is 11.6. The van der Waals surface area contributed by atoms with E-state index in [0.717, 1.165) is 17.7 Å². The Morgan fingerprint density at radius 2 is 1.75 bits per heavy atom. The summed E-state index contributed by atoms with van der Waals surface area (Å²) in [4.78, 5) is 11.9. The van der Waals surface area contributed by atoms with E-state index in [1.54, 1.807) is 7.11 Å². The number of hydrogen-bond acceptors (Lipinski definition) is 3. The molecule has 2 amide bonds. The number of aryl methyl sites for hydroxylation is 2. The van der Waals surface area contributed by atoms with Crippen LogP contribution >= 0.6 is 0 Å². The highest BCUT2D eigenvalue weighted by atomic mass is 16.5. The third kappa shape index (κ3) is 5.50. The van der Waals surface area contributed by atoms with Gasteiger partial charge in [0.05, 0.1) is 19.4 Å². The number of carbonyl (C=O) groups is 1. The van der Waals surface area contributed by atoms with Gasteiger partial charge in [-0.15, -0.1) is 0 Å². The fourth-order valence-corrected chi connectivity index (χ4v) is 2.18. The van der Waals surface area contributed by atoms with Gasteiger partial charge in [-0.1, -0.05) is 23.8 Å². The zero-order chi connectivity index (χ0) is 17.4. The molecule has 5 nitrogen and oxygen atoms in total. The minimum atomic E-state index is -0.255. The highest BCUT2D eigenvalue weighted by molar-refractivity contribution is 5.91. The summed E-state index contributed by atoms with van der Waals surface area (Å²) < 4.78 is 10.9. The van der Waals surface area contributed by atoms with Crippen LogP contribution in [0.3, 0.4) is 0 Å². The van der Waals surface area contributed by atoms with Crippen molar-refractivity contribution in [2.45, 2.75) is 20.3 Å². The first-order valence-corrected chi connectivity index (χ1v) is 7.97. The molecule has 0 aliphatic rings. The normalized spacial score (nSPS) is 10.1. The Labute approximate surface area is 143 Å². The molecule has 0 aliphatic carbocycles. The Hall–Kier alpha value is -2.69. The van der Waals surface area contributed by atoms with Crippen molar-refractivity contribution in [3.05, 3.63) is 53.6 Å². The molecule has 0 radical (unpaired) electrons. The molecule has 5 heteroatoms. The van der Waals surface area contributed by atoms with E-state index in [2.05, 4.69) is 10.6 Å². The molecule has 0 saturated carbocycles. The number of anilines is 1. The predicted molar refractivity (Wildman–Crippen MR) is 96.0 cm³/mol. The predicted octanol–water partition coefficient (Wildman–Crippen LogP) is 3.90. The monoisotopic (exact) mass is 328 g/mol. The van der Waals surface area contributed by atoms with Crippen molar-refractivity contribution < 1.29 is 14.3 Å². The molecule has 0 bridgehead atoms. The SMILES string of the molecule is COc1ccc(C)cc1NC(=O)NCCCOc1ccc(C)cc1. The van der Waals surface area contributed by atoms with Gasteiger partial charge in [-0.3, -0.25) is 0 Å². The van der Waals surface area contributed by atoms with Gasteiger partial charge in [0, 0.05) is 6.54 Å². The fraction of sp³-hybridized carbons (Fsp3) is 0.316. The number of amides is 2. The van der Waals surface area contributed by atoms with E-state index in [1.165, 1.54) is 5.56 Å². The maximum Gasteiger partial charge on any atom is 0.319 e. The first-order valence-electron chi connectivity index (χ1n) is 7.97. The Bertz CT molecular complexity index is 669. The molecule has 0 spiro atoms. The Morgan fingerprint density at radius 1 is 1.04 bits per heavy atom. The number of benzene rings is 2. The van der Waals surface area contributed by atoms with Crippen molar-refractivity contribution in [2.24, 2.45) is 0 Å². The van der Waals surface area contributed by atoms with Gasteiger partial charge in [-0.05, 0) is 50.1 Å². The van der Waals surface area contributed by atoms with Crippen molar-refractivity contribution in [3.63, 3.8) is 0 Å². The minimum absolute atomic E-state index is 0.255. The van der Waals surface area contributed by atoms with E-state index >= 15 is 0 Å². The zero-order valence-corrected chi connectivity index (χ0v) is 14.4. The number of rotatable bonds is 7. The van der Waals surface area contributed by atoms with Gasteiger partial charge < -0.3 is 20.1 Å². The maximum atomic E-state index is 11.9. The smallest absolute Gasteiger partial charge is 0.319 e. The second-order valence-electron chi connectivity index (χ2n) is 5.60. The second-order valence-corrected chi connectivity index (χ2v) is 5.60. The van der Waals surface area contributed by atoms with E-state index in [-0.39, 0.29) is 6.03 Å². The average Bonchev–Trinajstić information content (AvgIpc) is 2.56. The van der Waals surface area contributed by atoms with Crippen molar-refractivity contribution in [2.75, 3.05) is 25.6 Å². The van der Waals surface area contributed by atoms with Gasteiger partial charge in [-0.2, -0.15) is 0 Å². The van der Waals surface area contributed by atoms with Crippen LogP contribution in [-0.2, 0) is 0 Å². The Balaban J connectivity index is 1.70. The van der Waals surface area contributed by atoms with Gasteiger partial charge in [-0.25, -0.2) is 4.79 Å².